The zero-order valence-electron chi connectivity index (χ0n) is 9.69. The third-order valence-electron chi connectivity index (χ3n) is 4.49. The van der Waals surface area contributed by atoms with Gasteiger partial charge < -0.3 is 5.11 Å². The van der Waals surface area contributed by atoms with E-state index in [0.29, 0.717) is 5.92 Å². The summed E-state index contributed by atoms with van der Waals surface area (Å²) in [5.41, 5.74) is 0.521. The Morgan fingerprint density at radius 2 is 2.00 bits per heavy atom. The summed E-state index contributed by atoms with van der Waals surface area (Å²) in [7, 11) is 0. The zero-order valence-corrected chi connectivity index (χ0v) is 9.69. The molecule has 1 aromatic rings. The van der Waals surface area contributed by atoms with Crippen LogP contribution in [0.3, 0.4) is 0 Å². The predicted molar refractivity (Wildman–Crippen MR) is 65.2 cm³/mol. The van der Waals surface area contributed by atoms with Crippen molar-refractivity contribution >= 4 is 0 Å². The third-order valence-corrected chi connectivity index (χ3v) is 4.49. The number of allylic oxidation sites excluding steroid dienone is 1. The van der Waals surface area contributed by atoms with Crippen LogP contribution in [0.1, 0.15) is 31.7 Å². The fraction of sp³-hybridized carbons (Fsp3) is 0.467. The van der Waals surface area contributed by atoms with E-state index in [-0.39, 0.29) is 5.41 Å². The summed E-state index contributed by atoms with van der Waals surface area (Å²) in [5.74, 6) is 0.667. The molecule has 84 valence electrons. The van der Waals surface area contributed by atoms with Crippen LogP contribution in [0.5, 0.6) is 0 Å². The lowest BCUT2D eigenvalue weighted by atomic mass is 9.61. The first-order valence-corrected chi connectivity index (χ1v) is 6.11. The molecule has 1 heteroatoms. The first kappa shape index (κ1) is 10.1. The van der Waals surface area contributed by atoms with Crippen molar-refractivity contribution in [1.29, 1.82) is 0 Å². The smallest absolute Gasteiger partial charge is 0.0750 e. The number of hydrogen-bond donors (Lipinski definition) is 1. The maximum absolute atomic E-state index is 10.7. The molecule has 2 aliphatic rings. The summed E-state index contributed by atoms with van der Waals surface area (Å²) >= 11 is 0. The highest BCUT2D eigenvalue weighted by Crippen LogP contribution is 2.53. The second-order valence-electron chi connectivity index (χ2n) is 5.47. The lowest BCUT2D eigenvalue weighted by molar-refractivity contribution is -0.0355. The zero-order chi connectivity index (χ0) is 11.2. The summed E-state index contributed by atoms with van der Waals surface area (Å²) in [4.78, 5) is 0. The van der Waals surface area contributed by atoms with Gasteiger partial charge in [-0.3, -0.25) is 0 Å². The second-order valence-corrected chi connectivity index (χ2v) is 5.47. The average molecular weight is 214 g/mol. The van der Waals surface area contributed by atoms with E-state index in [4.69, 9.17) is 0 Å². The van der Waals surface area contributed by atoms with E-state index in [9.17, 15) is 5.11 Å². The highest BCUT2D eigenvalue weighted by molar-refractivity contribution is 5.40. The Morgan fingerprint density at radius 3 is 2.75 bits per heavy atom. The molecule has 0 radical (unpaired) electrons. The molecule has 0 spiro atoms. The normalized spacial score (nSPS) is 41.2. The molecule has 0 amide bonds. The molecular weight excluding hydrogens is 196 g/mol. The molecule has 16 heavy (non-hydrogen) atoms. The van der Waals surface area contributed by atoms with Crippen LogP contribution in [-0.4, -0.2) is 10.7 Å². The van der Waals surface area contributed by atoms with Crippen molar-refractivity contribution in [3.63, 3.8) is 0 Å². The van der Waals surface area contributed by atoms with E-state index in [1.54, 1.807) is 0 Å². The molecule has 1 fully saturated rings. The highest BCUT2D eigenvalue weighted by Gasteiger charge is 2.52. The Kier molecular flexibility index (Phi) is 2.02. The Labute approximate surface area is 96.8 Å². The monoisotopic (exact) mass is 214 g/mol. The SMILES string of the molecule is C[C@@]1(O)CC[C@@H]2C=C[C@@]1(c1ccccc1)C2. The minimum absolute atomic E-state index is 0.142. The molecule has 0 aromatic heterocycles. The molecule has 3 rings (SSSR count). The van der Waals surface area contributed by atoms with Gasteiger partial charge in [0, 0.05) is 5.41 Å². The van der Waals surface area contributed by atoms with Gasteiger partial charge in [0.05, 0.1) is 5.60 Å². The fourth-order valence-corrected chi connectivity index (χ4v) is 3.40. The van der Waals surface area contributed by atoms with Gasteiger partial charge in [-0.15, -0.1) is 0 Å². The first-order chi connectivity index (χ1) is 7.64. The summed E-state index contributed by atoms with van der Waals surface area (Å²) in [6.07, 6.45) is 7.65. The number of benzene rings is 1. The Balaban J connectivity index is 2.12. The molecule has 0 heterocycles. The number of hydrogen-bond acceptors (Lipinski definition) is 1. The van der Waals surface area contributed by atoms with Gasteiger partial charge in [0.2, 0.25) is 0 Å². The van der Waals surface area contributed by atoms with Gasteiger partial charge in [-0.1, -0.05) is 42.5 Å². The van der Waals surface area contributed by atoms with Crippen molar-refractivity contribution in [2.24, 2.45) is 5.92 Å². The van der Waals surface area contributed by atoms with E-state index in [1.165, 1.54) is 5.56 Å². The standard InChI is InChI=1S/C15H18O/c1-14(16)9-7-12-8-10-15(14,11-12)13-5-3-2-4-6-13/h2-6,8,10,12,16H,7,9,11H2,1H3/t12-,14-,15+/m1/s1. The second kappa shape index (κ2) is 3.21. The Hall–Kier alpha value is -1.08. The fourth-order valence-electron chi connectivity index (χ4n) is 3.40. The lowest BCUT2D eigenvalue weighted by Crippen LogP contribution is -2.50. The third kappa shape index (κ3) is 1.21. The molecule has 2 bridgehead atoms. The lowest BCUT2D eigenvalue weighted by Gasteiger charge is -2.46. The summed E-state index contributed by atoms with van der Waals surface area (Å²) in [5, 5.41) is 10.7. The summed E-state index contributed by atoms with van der Waals surface area (Å²) in [6, 6.07) is 10.5. The quantitative estimate of drug-likeness (QED) is 0.712. The Bertz CT molecular complexity index is 418. The van der Waals surface area contributed by atoms with Crippen LogP contribution in [0, 0.1) is 5.92 Å². The van der Waals surface area contributed by atoms with Crippen LogP contribution < -0.4 is 0 Å². The molecule has 3 atom stereocenters. The van der Waals surface area contributed by atoms with Crippen LogP contribution in [0.15, 0.2) is 42.5 Å². The molecule has 0 unspecified atom stereocenters. The molecule has 1 N–H and O–H groups in total. The van der Waals surface area contributed by atoms with Gasteiger partial charge in [0.15, 0.2) is 0 Å². The van der Waals surface area contributed by atoms with Gasteiger partial charge in [0.25, 0.3) is 0 Å². The number of fused-ring (bicyclic) bond motifs is 2. The molecular formula is C15H18O. The average Bonchev–Trinajstić information content (AvgIpc) is 2.69. The molecule has 0 saturated heterocycles. The van der Waals surface area contributed by atoms with E-state index in [1.807, 2.05) is 13.0 Å². The van der Waals surface area contributed by atoms with Crippen molar-refractivity contribution in [3.8, 4) is 0 Å². The first-order valence-electron chi connectivity index (χ1n) is 6.11. The van der Waals surface area contributed by atoms with Crippen LogP contribution in [0.2, 0.25) is 0 Å². The van der Waals surface area contributed by atoms with Crippen LogP contribution in [0.4, 0.5) is 0 Å². The van der Waals surface area contributed by atoms with Crippen LogP contribution in [-0.2, 0) is 5.41 Å². The van der Waals surface area contributed by atoms with Gasteiger partial charge in [0.1, 0.15) is 0 Å². The van der Waals surface area contributed by atoms with Crippen LogP contribution >= 0.6 is 0 Å². The van der Waals surface area contributed by atoms with Crippen molar-refractivity contribution in [1.82, 2.24) is 0 Å². The van der Waals surface area contributed by atoms with E-state index >= 15 is 0 Å². The van der Waals surface area contributed by atoms with Crippen molar-refractivity contribution in [3.05, 3.63) is 48.0 Å². The molecule has 0 aliphatic heterocycles. The van der Waals surface area contributed by atoms with Crippen LogP contribution in [0.25, 0.3) is 0 Å². The topological polar surface area (TPSA) is 20.2 Å². The maximum Gasteiger partial charge on any atom is 0.0750 e. The van der Waals surface area contributed by atoms with Crippen molar-refractivity contribution in [2.75, 3.05) is 0 Å². The minimum Gasteiger partial charge on any atom is -0.389 e. The van der Waals surface area contributed by atoms with E-state index < -0.39 is 5.60 Å². The number of aliphatic hydroxyl groups is 1. The molecule has 1 aromatic carbocycles. The molecule has 1 saturated carbocycles. The van der Waals surface area contributed by atoms with Crippen molar-refractivity contribution in [2.45, 2.75) is 37.2 Å². The predicted octanol–water partition coefficient (Wildman–Crippen LogP) is 3.05. The van der Waals surface area contributed by atoms with E-state index in [0.717, 1.165) is 19.3 Å². The highest BCUT2D eigenvalue weighted by atomic mass is 16.3. The van der Waals surface area contributed by atoms with Gasteiger partial charge in [-0.05, 0) is 37.7 Å². The minimum atomic E-state index is -0.599. The van der Waals surface area contributed by atoms with Gasteiger partial charge in [-0.25, -0.2) is 0 Å². The van der Waals surface area contributed by atoms with E-state index in [2.05, 4.69) is 36.4 Å². The molecule has 2 aliphatic carbocycles. The summed E-state index contributed by atoms with van der Waals surface area (Å²) < 4.78 is 0. The van der Waals surface area contributed by atoms with Gasteiger partial charge >= 0.3 is 0 Å². The van der Waals surface area contributed by atoms with Crippen molar-refractivity contribution < 1.29 is 5.11 Å². The molecule has 1 nitrogen and oxygen atoms in total. The van der Waals surface area contributed by atoms with Gasteiger partial charge in [-0.2, -0.15) is 0 Å². The Morgan fingerprint density at radius 1 is 1.25 bits per heavy atom. The number of rotatable bonds is 1. The largest absolute Gasteiger partial charge is 0.389 e. The maximum atomic E-state index is 10.7. The summed E-state index contributed by atoms with van der Waals surface area (Å²) in [6.45, 7) is 1.99.